The predicted molar refractivity (Wildman–Crippen MR) is 104 cm³/mol. The lowest BCUT2D eigenvalue weighted by Crippen LogP contribution is -2.42. The maximum absolute atomic E-state index is 11.3. The number of rotatable bonds is 10. The maximum atomic E-state index is 11.3. The number of guanidine groups is 1. The summed E-state index contributed by atoms with van der Waals surface area (Å²) in [4.78, 5) is 4.58. The van der Waals surface area contributed by atoms with Crippen molar-refractivity contribution in [2.45, 2.75) is 46.2 Å². The average molecular weight is 370 g/mol. The third-order valence-corrected chi connectivity index (χ3v) is 4.42. The summed E-state index contributed by atoms with van der Waals surface area (Å²) in [5, 5.41) is 6.44. The second-order valence-electron chi connectivity index (χ2n) is 6.15. The molecule has 6 nitrogen and oxygen atoms in total. The van der Waals surface area contributed by atoms with E-state index in [1.54, 1.807) is 0 Å². The molecule has 0 bridgehead atoms. The van der Waals surface area contributed by atoms with Gasteiger partial charge in [-0.05, 0) is 44.4 Å². The van der Waals surface area contributed by atoms with E-state index in [1.807, 2.05) is 38.1 Å². The van der Waals surface area contributed by atoms with E-state index >= 15 is 0 Å². The van der Waals surface area contributed by atoms with Gasteiger partial charge in [0.25, 0.3) is 0 Å². The van der Waals surface area contributed by atoms with Gasteiger partial charge in [0.1, 0.15) is 15.6 Å². The molecule has 0 aliphatic heterocycles. The van der Waals surface area contributed by atoms with Gasteiger partial charge in [0.15, 0.2) is 5.96 Å². The minimum absolute atomic E-state index is 0.0201. The summed E-state index contributed by atoms with van der Waals surface area (Å²) >= 11 is 0. The zero-order chi connectivity index (χ0) is 18.7. The van der Waals surface area contributed by atoms with Crippen LogP contribution in [0.3, 0.4) is 0 Å². The highest BCUT2D eigenvalue weighted by atomic mass is 32.2. The monoisotopic (exact) mass is 369 g/mol. The van der Waals surface area contributed by atoms with Crippen molar-refractivity contribution in [3.05, 3.63) is 29.8 Å². The van der Waals surface area contributed by atoms with Gasteiger partial charge in [-0.15, -0.1) is 0 Å². The van der Waals surface area contributed by atoms with Gasteiger partial charge in [-0.1, -0.05) is 19.1 Å². The maximum Gasteiger partial charge on any atom is 0.191 e. The van der Waals surface area contributed by atoms with Crippen molar-refractivity contribution >= 4 is 15.8 Å². The van der Waals surface area contributed by atoms with E-state index in [0.717, 1.165) is 24.3 Å². The van der Waals surface area contributed by atoms with Crippen LogP contribution >= 0.6 is 0 Å². The van der Waals surface area contributed by atoms with Crippen molar-refractivity contribution in [1.82, 2.24) is 10.6 Å². The lowest BCUT2D eigenvalue weighted by atomic mass is 10.2. The number of benzene rings is 1. The Hall–Kier alpha value is -1.76. The van der Waals surface area contributed by atoms with Crippen LogP contribution in [-0.2, 0) is 16.4 Å². The standard InChI is InChI=1S/C18H31N3O3S/c1-5-11-24-17-9-7-8-16(13-17)14-20-18(19-6-2)21-15(3)10-12-25(4,22)23/h7-9,13,15H,5-6,10-12,14H2,1-4H3,(H2,19,20,21). The molecule has 0 saturated carbocycles. The molecule has 1 rings (SSSR count). The van der Waals surface area contributed by atoms with E-state index in [4.69, 9.17) is 4.74 Å². The molecular weight excluding hydrogens is 338 g/mol. The van der Waals surface area contributed by atoms with Gasteiger partial charge in [-0.3, -0.25) is 0 Å². The SMILES string of the molecule is CCCOc1cccc(CN=C(NCC)NC(C)CCS(C)(=O)=O)c1. The minimum atomic E-state index is -2.95. The molecule has 0 fully saturated rings. The van der Waals surface area contributed by atoms with Crippen molar-refractivity contribution < 1.29 is 13.2 Å². The van der Waals surface area contributed by atoms with Crippen LogP contribution in [0.4, 0.5) is 0 Å². The number of nitrogens with zero attached hydrogens (tertiary/aromatic N) is 1. The molecule has 0 aliphatic rings. The molecule has 7 heteroatoms. The van der Waals surface area contributed by atoms with Crippen LogP contribution in [0.2, 0.25) is 0 Å². The third kappa shape index (κ3) is 9.96. The van der Waals surface area contributed by atoms with E-state index in [2.05, 4.69) is 22.5 Å². The Morgan fingerprint density at radius 2 is 2.08 bits per heavy atom. The number of hydrogen-bond donors (Lipinski definition) is 2. The lowest BCUT2D eigenvalue weighted by molar-refractivity contribution is 0.317. The first kappa shape index (κ1) is 21.3. The molecule has 0 radical (unpaired) electrons. The van der Waals surface area contributed by atoms with Gasteiger partial charge in [0.2, 0.25) is 0 Å². The molecule has 0 heterocycles. The highest BCUT2D eigenvalue weighted by Crippen LogP contribution is 2.14. The van der Waals surface area contributed by atoms with Gasteiger partial charge in [0.05, 0.1) is 18.9 Å². The first-order valence-corrected chi connectivity index (χ1v) is 10.8. The molecule has 1 atom stereocenters. The topological polar surface area (TPSA) is 79.8 Å². The molecule has 0 aromatic heterocycles. The summed E-state index contributed by atoms with van der Waals surface area (Å²) in [6.07, 6.45) is 2.78. The fourth-order valence-electron chi connectivity index (χ4n) is 2.14. The second kappa shape index (κ2) is 11.0. The lowest BCUT2D eigenvalue weighted by Gasteiger charge is -2.17. The Kier molecular flexibility index (Phi) is 9.34. The van der Waals surface area contributed by atoms with Crippen molar-refractivity contribution in [2.24, 2.45) is 4.99 Å². The molecule has 1 unspecified atom stereocenters. The highest BCUT2D eigenvalue weighted by molar-refractivity contribution is 7.90. The minimum Gasteiger partial charge on any atom is -0.494 e. The first-order valence-electron chi connectivity index (χ1n) is 8.78. The van der Waals surface area contributed by atoms with Crippen molar-refractivity contribution in [3.8, 4) is 5.75 Å². The van der Waals surface area contributed by atoms with Crippen LogP contribution in [0.1, 0.15) is 39.2 Å². The van der Waals surface area contributed by atoms with Crippen LogP contribution in [0.5, 0.6) is 5.75 Å². The fraction of sp³-hybridized carbons (Fsp3) is 0.611. The third-order valence-electron chi connectivity index (χ3n) is 3.44. The first-order chi connectivity index (χ1) is 11.8. The highest BCUT2D eigenvalue weighted by Gasteiger charge is 2.09. The van der Waals surface area contributed by atoms with E-state index < -0.39 is 9.84 Å². The molecular formula is C18H31N3O3S. The Labute approximate surface area is 152 Å². The zero-order valence-electron chi connectivity index (χ0n) is 15.7. The zero-order valence-corrected chi connectivity index (χ0v) is 16.5. The number of sulfone groups is 1. The van der Waals surface area contributed by atoms with Gasteiger partial charge in [0, 0.05) is 18.8 Å². The number of hydrogen-bond acceptors (Lipinski definition) is 4. The van der Waals surface area contributed by atoms with E-state index in [-0.39, 0.29) is 11.8 Å². The van der Waals surface area contributed by atoms with Crippen LogP contribution in [0, 0.1) is 0 Å². The molecule has 1 aromatic rings. The van der Waals surface area contributed by atoms with Gasteiger partial charge in [-0.25, -0.2) is 13.4 Å². The smallest absolute Gasteiger partial charge is 0.191 e. The van der Waals surface area contributed by atoms with Gasteiger partial charge >= 0.3 is 0 Å². The summed E-state index contributed by atoms with van der Waals surface area (Å²) in [7, 11) is -2.95. The van der Waals surface area contributed by atoms with E-state index in [0.29, 0.717) is 25.5 Å². The quantitative estimate of drug-likeness (QED) is 0.489. The molecule has 0 saturated heterocycles. The van der Waals surface area contributed by atoms with Crippen LogP contribution < -0.4 is 15.4 Å². The summed E-state index contributed by atoms with van der Waals surface area (Å²) in [6.45, 7) is 8.00. The second-order valence-corrected chi connectivity index (χ2v) is 8.41. The van der Waals surface area contributed by atoms with E-state index in [9.17, 15) is 8.42 Å². The van der Waals surface area contributed by atoms with Crippen LogP contribution in [0.25, 0.3) is 0 Å². The predicted octanol–water partition coefficient (Wildman–Crippen LogP) is 2.35. The number of aliphatic imine (C=N–C) groups is 1. The number of ether oxygens (including phenoxy) is 1. The van der Waals surface area contributed by atoms with Gasteiger partial charge in [-0.2, -0.15) is 0 Å². The van der Waals surface area contributed by atoms with Crippen molar-refractivity contribution in [1.29, 1.82) is 0 Å². The number of nitrogens with one attached hydrogen (secondary N) is 2. The summed E-state index contributed by atoms with van der Waals surface area (Å²) in [5.41, 5.74) is 1.06. The molecule has 0 amide bonds. The Morgan fingerprint density at radius 3 is 2.72 bits per heavy atom. The Morgan fingerprint density at radius 1 is 1.32 bits per heavy atom. The Balaban J connectivity index is 2.65. The molecule has 0 spiro atoms. The summed E-state index contributed by atoms with van der Waals surface area (Å²) in [5.74, 6) is 1.70. The largest absolute Gasteiger partial charge is 0.494 e. The molecule has 25 heavy (non-hydrogen) atoms. The molecule has 1 aromatic carbocycles. The molecule has 142 valence electrons. The summed E-state index contributed by atoms with van der Waals surface area (Å²) in [6, 6.07) is 7.94. The van der Waals surface area contributed by atoms with Crippen LogP contribution in [0.15, 0.2) is 29.3 Å². The average Bonchev–Trinajstić information content (AvgIpc) is 2.56. The van der Waals surface area contributed by atoms with E-state index in [1.165, 1.54) is 6.26 Å². The Bertz CT molecular complexity index is 645. The molecule has 0 aliphatic carbocycles. The van der Waals surface area contributed by atoms with Crippen molar-refractivity contribution in [3.63, 3.8) is 0 Å². The van der Waals surface area contributed by atoms with Crippen LogP contribution in [-0.4, -0.2) is 45.6 Å². The summed E-state index contributed by atoms with van der Waals surface area (Å²) < 4.78 is 28.2. The normalized spacial score (nSPS) is 13.4. The van der Waals surface area contributed by atoms with Crippen molar-refractivity contribution in [2.75, 3.05) is 25.2 Å². The molecule has 2 N–H and O–H groups in total. The van der Waals surface area contributed by atoms with Gasteiger partial charge < -0.3 is 15.4 Å². The fourth-order valence-corrected chi connectivity index (χ4v) is 2.92.